The maximum atomic E-state index is 12.2. The predicted octanol–water partition coefficient (Wildman–Crippen LogP) is 4.41. The van der Waals surface area contributed by atoms with Crippen molar-refractivity contribution in [2.75, 3.05) is 11.1 Å². The average molecular weight is 382 g/mol. The number of anilines is 1. The standard InChI is InChI=1S/C20H22N4O2S/c1-3-5-11-22-19(21)15-9-10-17(14(4-2)12-15)23-20(26)24-18-8-6-7-16(25)13-27-18/h3,6,8-12,21H,1,4-5,7,13H2,2H3,(H,23,26)/b21-19?,22-11?,24-18-. The zero-order valence-electron chi connectivity index (χ0n) is 15.2. The van der Waals surface area contributed by atoms with E-state index in [2.05, 4.69) is 21.9 Å². The monoisotopic (exact) mass is 382 g/mol. The molecule has 0 spiro atoms. The Kier molecular flexibility index (Phi) is 7.88. The lowest BCUT2D eigenvalue weighted by molar-refractivity contribution is -0.115. The smallest absolute Gasteiger partial charge is 0.306 e. The fourth-order valence-electron chi connectivity index (χ4n) is 2.31. The number of Topliss-reactive ketones (excluding diaryl/α,β-unsaturated/α-hetero) is 1. The summed E-state index contributed by atoms with van der Waals surface area (Å²) < 4.78 is 0. The maximum Gasteiger partial charge on any atom is 0.346 e. The third kappa shape index (κ3) is 6.45. The summed E-state index contributed by atoms with van der Waals surface area (Å²) in [5.41, 5.74) is 2.22. The average Bonchev–Trinajstić information content (AvgIpc) is 2.86. The normalized spacial score (nSPS) is 15.7. The largest absolute Gasteiger partial charge is 0.346 e. The highest BCUT2D eigenvalue weighted by atomic mass is 32.2. The van der Waals surface area contributed by atoms with E-state index in [1.165, 1.54) is 11.8 Å². The first-order chi connectivity index (χ1) is 13.0. The van der Waals surface area contributed by atoms with Gasteiger partial charge in [-0.1, -0.05) is 30.8 Å². The molecule has 140 valence electrons. The van der Waals surface area contributed by atoms with Crippen molar-refractivity contribution < 1.29 is 9.59 Å². The van der Waals surface area contributed by atoms with Gasteiger partial charge in [0.25, 0.3) is 0 Å². The molecule has 0 saturated carbocycles. The van der Waals surface area contributed by atoms with E-state index < -0.39 is 6.03 Å². The Morgan fingerprint density at radius 2 is 2.26 bits per heavy atom. The second kappa shape index (κ2) is 10.4. The molecule has 2 rings (SSSR count). The number of rotatable bonds is 5. The van der Waals surface area contributed by atoms with E-state index in [4.69, 9.17) is 5.41 Å². The van der Waals surface area contributed by atoms with E-state index in [0.29, 0.717) is 41.3 Å². The van der Waals surface area contributed by atoms with Crippen molar-refractivity contribution in [2.24, 2.45) is 9.98 Å². The first-order valence-corrected chi connectivity index (χ1v) is 9.58. The predicted molar refractivity (Wildman–Crippen MR) is 114 cm³/mol. The molecule has 1 heterocycles. The summed E-state index contributed by atoms with van der Waals surface area (Å²) in [6.45, 7) is 5.59. The molecule has 1 aromatic carbocycles. The molecule has 7 heteroatoms. The van der Waals surface area contributed by atoms with Crippen LogP contribution in [0.25, 0.3) is 0 Å². The number of nitrogens with zero attached hydrogens (tertiary/aromatic N) is 2. The first-order valence-electron chi connectivity index (χ1n) is 8.59. The fourth-order valence-corrected chi connectivity index (χ4v) is 3.08. The molecule has 1 aliphatic heterocycles. The van der Waals surface area contributed by atoms with E-state index in [-0.39, 0.29) is 11.6 Å². The van der Waals surface area contributed by atoms with Crippen molar-refractivity contribution in [3.63, 3.8) is 0 Å². The van der Waals surface area contributed by atoms with E-state index in [9.17, 15) is 9.59 Å². The fraction of sp³-hybridized carbons (Fsp3) is 0.250. The molecular formula is C20H22N4O2S. The zero-order chi connectivity index (χ0) is 19.6. The van der Waals surface area contributed by atoms with Gasteiger partial charge < -0.3 is 5.32 Å². The van der Waals surface area contributed by atoms with Crippen molar-refractivity contribution in [2.45, 2.75) is 26.2 Å². The Hall–Kier alpha value is -2.80. The quantitative estimate of drug-likeness (QED) is 0.448. The molecule has 1 aromatic rings. The maximum absolute atomic E-state index is 12.2. The summed E-state index contributed by atoms with van der Waals surface area (Å²) in [4.78, 5) is 31.7. The lowest BCUT2D eigenvalue weighted by Gasteiger charge is -2.10. The Morgan fingerprint density at radius 3 is 3.00 bits per heavy atom. The molecule has 0 unspecified atom stereocenters. The number of hydrogen-bond acceptors (Lipinski definition) is 4. The molecule has 1 aliphatic rings. The third-order valence-electron chi connectivity index (χ3n) is 3.69. The SMILES string of the molecule is C=CCC=NC(=N)c1ccc(NC(=O)/N=C2/C=CCC(=O)CS2)c(CC)c1. The van der Waals surface area contributed by atoms with E-state index in [1.807, 2.05) is 13.0 Å². The number of thioether (sulfide) groups is 1. The Bertz CT molecular complexity index is 840. The summed E-state index contributed by atoms with van der Waals surface area (Å²) >= 11 is 1.26. The molecule has 0 radical (unpaired) electrons. The highest BCUT2D eigenvalue weighted by molar-refractivity contribution is 8.14. The lowest BCUT2D eigenvalue weighted by Crippen LogP contribution is -2.11. The molecule has 0 bridgehead atoms. The van der Waals surface area contributed by atoms with Gasteiger partial charge in [0.1, 0.15) is 10.8 Å². The minimum absolute atomic E-state index is 0.115. The molecule has 0 aromatic heterocycles. The highest BCUT2D eigenvalue weighted by Gasteiger charge is 2.11. The number of amidine groups is 1. The topological polar surface area (TPSA) is 94.7 Å². The molecule has 0 atom stereocenters. The summed E-state index contributed by atoms with van der Waals surface area (Å²) in [6, 6.07) is 4.85. The van der Waals surface area contributed by atoms with Crippen molar-refractivity contribution >= 4 is 46.4 Å². The van der Waals surface area contributed by atoms with Crippen LogP contribution >= 0.6 is 11.8 Å². The van der Waals surface area contributed by atoms with Gasteiger partial charge in [-0.05, 0) is 36.3 Å². The number of hydrogen-bond donors (Lipinski definition) is 2. The summed E-state index contributed by atoms with van der Waals surface area (Å²) in [5.74, 6) is 0.598. The number of urea groups is 1. The van der Waals surface area contributed by atoms with Crippen molar-refractivity contribution in [1.29, 1.82) is 5.41 Å². The number of amides is 2. The molecule has 2 amide bonds. The highest BCUT2D eigenvalue weighted by Crippen LogP contribution is 2.20. The molecule has 0 aliphatic carbocycles. The van der Waals surface area contributed by atoms with Gasteiger partial charge in [0.05, 0.1) is 5.75 Å². The van der Waals surface area contributed by atoms with Crippen molar-refractivity contribution in [3.8, 4) is 0 Å². The molecule has 6 nitrogen and oxygen atoms in total. The van der Waals surface area contributed by atoms with Crippen LogP contribution in [0, 0.1) is 5.41 Å². The molecule has 27 heavy (non-hydrogen) atoms. The number of benzene rings is 1. The van der Waals surface area contributed by atoms with Crippen LogP contribution < -0.4 is 5.32 Å². The van der Waals surface area contributed by atoms with Crippen LogP contribution in [0.15, 0.2) is 53.0 Å². The summed E-state index contributed by atoms with van der Waals surface area (Å²) in [5, 5.41) is 11.3. The van der Waals surface area contributed by atoms with Crippen LogP contribution in [-0.4, -0.2) is 34.7 Å². The number of allylic oxidation sites excluding steroid dienone is 2. The molecule has 0 fully saturated rings. The minimum atomic E-state index is -0.488. The number of nitrogens with one attached hydrogen (secondary N) is 2. The van der Waals surface area contributed by atoms with Crippen molar-refractivity contribution in [1.82, 2.24) is 0 Å². The number of carbonyl (C=O) groups excluding carboxylic acids is 2. The van der Waals surface area contributed by atoms with Gasteiger partial charge in [0, 0.05) is 30.3 Å². The van der Waals surface area contributed by atoms with Crippen LogP contribution in [0.2, 0.25) is 0 Å². The van der Waals surface area contributed by atoms with Crippen molar-refractivity contribution in [3.05, 3.63) is 54.1 Å². The van der Waals surface area contributed by atoms with Gasteiger partial charge in [0.2, 0.25) is 0 Å². The number of carbonyl (C=O) groups is 2. The molecular weight excluding hydrogens is 360 g/mol. The van der Waals surface area contributed by atoms with Gasteiger partial charge in [0.15, 0.2) is 5.84 Å². The van der Waals surface area contributed by atoms with E-state index in [0.717, 1.165) is 5.56 Å². The number of ketones is 1. The lowest BCUT2D eigenvalue weighted by atomic mass is 10.1. The first kappa shape index (κ1) is 20.5. The second-order valence-corrected chi connectivity index (χ2v) is 6.72. The third-order valence-corrected chi connectivity index (χ3v) is 4.68. The van der Waals surface area contributed by atoms with Crippen LogP contribution in [0.3, 0.4) is 0 Å². The van der Waals surface area contributed by atoms with Gasteiger partial charge in [-0.2, -0.15) is 4.99 Å². The van der Waals surface area contributed by atoms with Crippen LogP contribution in [0.1, 0.15) is 30.9 Å². The zero-order valence-corrected chi connectivity index (χ0v) is 16.0. The van der Waals surface area contributed by atoms with Crippen LogP contribution in [-0.2, 0) is 11.2 Å². The number of aliphatic imine (C=N–C) groups is 2. The van der Waals surface area contributed by atoms with Gasteiger partial charge in [-0.25, -0.2) is 9.79 Å². The Balaban J connectivity index is 2.11. The summed E-state index contributed by atoms with van der Waals surface area (Å²) in [6.07, 6.45) is 8.43. The molecule has 2 N–H and O–H groups in total. The molecule has 0 saturated heterocycles. The second-order valence-electron chi connectivity index (χ2n) is 5.72. The summed E-state index contributed by atoms with van der Waals surface area (Å²) in [7, 11) is 0. The van der Waals surface area contributed by atoms with Gasteiger partial charge in [-0.3, -0.25) is 10.2 Å². The minimum Gasteiger partial charge on any atom is -0.306 e. The van der Waals surface area contributed by atoms with Gasteiger partial charge in [-0.15, -0.1) is 6.58 Å². The number of aryl methyl sites for hydroxylation is 1. The van der Waals surface area contributed by atoms with Crippen LogP contribution in [0.5, 0.6) is 0 Å². The van der Waals surface area contributed by atoms with Gasteiger partial charge >= 0.3 is 6.03 Å². The Morgan fingerprint density at radius 1 is 1.44 bits per heavy atom. The van der Waals surface area contributed by atoms with E-state index >= 15 is 0 Å². The van der Waals surface area contributed by atoms with Crippen LogP contribution in [0.4, 0.5) is 10.5 Å². The Labute approximate surface area is 163 Å². The van der Waals surface area contributed by atoms with E-state index in [1.54, 1.807) is 36.6 Å².